The summed E-state index contributed by atoms with van der Waals surface area (Å²) in [5.41, 5.74) is 0. The summed E-state index contributed by atoms with van der Waals surface area (Å²) in [4.78, 5) is 0. The van der Waals surface area contributed by atoms with Crippen LogP contribution in [0.4, 0.5) is 0 Å². The molecule has 0 amide bonds. The van der Waals surface area contributed by atoms with Crippen LogP contribution in [0.15, 0.2) is 0 Å². The van der Waals surface area contributed by atoms with Crippen LogP contribution in [0.5, 0.6) is 0 Å². The minimum absolute atomic E-state index is 0.272. The van der Waals surface area contributed by atoms with Crippen molar-refractivity contribution in [2.24, 2.45) is 0 Å². The Hall–Kier alpha value is -0.115. The summed E-state index contributed by atoms with van der Waals surface area (Å²) in [6, 6.07) is 0. The largest absolute Gasteiger partial charge is 0.520 e. The molecule has 0 atom stereocenters. The number of rotatable bonds is 0. The van der Waals surface area contributed by atoms with Crippen LogP contribution in [0.1, 0.15) is 0 Å². The molecule has 0 aromatic heterocycles. The van der Waals surface area contributed by atoms with Gasteiger partial charge in [-0.3, -0.25) is 8.20 Å². The molecular formula is CH2BO6S2. The third-order valence-electron chi connectivity index (χ3n) is 0.660. The lowest BCUT2D eigenvalue weighted by atomic mass is 10.4. The quantitative estimate of drug-likeness (QED) is 0.413. The fourth-order valence-corrected chi connectivity index (χ4v) is 2.59. The van der Waals surface area contributed by atoms with Crippen LogP contribution < -0.4 is 0 Å². The Bertz CT molecular complexity index is 278. The zero-order valence-electron chi connectivity index (χ0n) is 4.55. The van der Waals surface area contributed by atoms with E-state index in [0.717, 1.165) is 0 Å². The van der Waals surface area contributed by atoms with Gasteiger partial charge in [-0.25, -0.2) is 0 Å². The van der Waals surface area contributed by atoms with Crippen molar-refractivity contribution in [3.8, 4) is 0 Å². The second-order valence-corrected chi connectivity index (χ2v) is 5.08. The SMILES string of the molecule is O=S1(=O)CS(=O)(=O)O[B]O1. The minimum atomic E-state index is -3.96. The van der Waals surface area contributed by atoms with Crippen molar-refractivity contribution in [2.75, 3.05) is 5.08 Å². The maximum atomic E-state index is 10.4. The van der Waals surface area contributed by atoms with Crippen LogP contribution in [-0.4, -0.2) is 29.6 Å². The third kappa shape index (κ3) is 1.94. The van der Waals surface area contributed by atoms with Gasteiger partial charge in [-0.05, 0) is 0 Å². The van der Waals surface area contributed by atoms with Crippen LogP contribution in [0.25, 0.3) is 0 Å². The molecule has 1 heterocycles. The molecule has 1 aliphatic rings. The number of hydrogen-bond acceptors (Lipinski definition) is 6. The monoisotopic (exact) mass is 185 g/mol. The van der Waals surface area contributed by atoms with Gasteiger partial charge in [0.25, 0.3) is 20.2 Å². The van der Waals surface area contributed by atoms with Crippen molar-refractivity contribution in [3.63, 3.8) is 0 Å². The van der Waals surface area contributed by atoms with E-state index in [4.69, 9.17) is 0 Å². The van der Waals surface area contributed by atoms with E-state index in [2.05, 4.69) is 8.20 Å². The van der Waals surface area contributed by atoms with Gasteiger partial charge in [-0.2, -0.15) is 16.8 Å². The van der Waals surface area contributed by atoms with E-state index >= 15 is 0 Å². The van der Waals surface area contributed by atoms with Gasteiger partial charge in [0, 0.05) is 0 Å². The van der Waals surface area contributed by atoms with E-state index in [-0.39, 0.29) is 7.69 Å². The molecule has 0 saturated carbocycles. The molecule has 0 spiro atoms. The van der Waals surface area contributed by atoms with Gasteiger partial charge < -0.3 is 0 Å². The van der Waals surface area contributed by atoms with E-state index in [1.165, 1.54) is 0 Å². The van der Waals surface area contributed by atoms with Gasteiger partial charge in [0.15, 0.2) is 5.08 Å². The Balaban J connectivity index is 2.97. The lowest BCUT2D eigenvalue weighted by molar-refractivity contribution is 0.416. The van der Waals surface area contributed by atoms with Crippen LogP contribution in [0.2, 0.25) is 0 Å². The van der Waals surface area contributed by atoms with E-state index in [0.29, 0.717) is 0 Å². The molecule has 6 nitrogen and oxygen atoms in total. The summed E-state index contributed by atoms with van der Waals surface area (Å²) < 4.78 is 49.1. The first-order chi connectivity index (χ1) is 4.41. The molecule has 57 valence electrons. The highest BCUT2D eigenvalue weighted by atomic mass is 32.3. The van der Waals surface area contributed by atoms with Crippen molar-refractivity contribution in [2.45, 2.75) is 0 Å². The molecule has 0 aromatic rings. The van der Waals surface area contributed by atoms with Crippen molar-refractivity contribution in [1.29, 1.82) is 0 Å². The Morgan fingerprint density at radius 3 is 1.60 bits per heavy atom. The molecule has 0 N–H and O–H groups in total. The maximum Gasteiger partial charge on any atom is 0.520 e. The average Bonchev–Trinajstić information content (AvgIpc) is 1.56. The summed E-state index contributed by atoms with van der Waals surface area (Å²) in [7, 11) is -7.65. The van der Waals surface area contributed by atoms with E-state index < -0.39 is 25.3 Å². The lowest BCUT2D eigenvalue weighted by Gasteiger charge is -2.09. The average molecular weight is 185 g/mol. The van der Waals surface area contributed by atoms with E-state index in [1.807, 2.05) is 0 Å². The Kier molecular flexibility index (Phi) is 1.75. The van der Waals surface area contributed by atoms with Crippen molar-refractivity contribution >= 4 is 27.9 Å². The van der Waals surface area contributed by atoms with Gasteiger partial charge in [0.1, 0.15) is 0 Å². The minimum Gasteiger partial charge on any atom is -0.298 e. The third-order valence-corrected chi connectivity index (χ3v) is 3.71. The maximum absolute atomic E-state index is 10.4. The highest BCUT2D eigenvalue weighted by Gasteiger charge is 2.31. The first-order valence-corrected chi connectivity index (χ1v) is 5.20. The summed E-state index contributed by atoms with van der Waals surface area (Å²) in [5, 5.41) is -1.13. The summed E-state index contributed by atoms with van der Waals surface area (Å²) >= 11 is 0. The number of hydrogen-bond donors (Lipinski definition) is 0. The molecule has 1 rings (SSSR count). The molecule has 10 heavy (non-hydrogen) atoms. The predicted molar refractivity (Wildman–Crippen MR) is 30.6 cm³/mol. The fourth-order valence-electron chi connectivity index (χ4n) is 0.368. The highest BCUT2D eigenvalue weighted by Crippen LogP contribution is 2.07. The zero-order valence-corrected chi connectivity index (χ0v) is 6.18. The normalized spacial score (nSPS) is 28.8. The van der Waals surface area contributed by atoms with E-state index in [9.17, 15) is 16.8 Å². The van der Waals surface area contributed by atoms with Gasteiger partial charge >= 0.3 is 7.69 Å². The Morgan fingerprint density at radius 1 is 1.00 bits per heavy atom. The molecule has 0 unspecified atom stereocenters. The van der Waals surface area contributed by atoms with Gasteiger partial charge in [-0.15, -0.1) is 0 Å². The summed E-state index contributed by atoms with van der Waals surface area (Å²) in [6.07, 6.45) is 0. The molecule has 1 fully saturated rings. The molecule has 1 radical (unpaired) electrons. The second-order valence-electron chi connectivity index (χ2n) is 1.52. The lowest BCUT2D eigenvalue weighted by Crippen LogP contribution is -2.30. The predicted octanol–water partition coefficient (Wildman–Crippen LogP) is -1.82. The van der Waals surface area contributed by atoms with Crippen LogP contribution in [0.3, 0.4) is 0 Å². The second kappa shape index (κ2) is 2.19. The molecular weight excluding hydrogens is 183 g/mol. The van der Waals surface area contributed by atoms with Gasteiger partial charge in [0.2, 0.25) is 0 Å². The zero-order chi connectivity index (χ0) is 7.83. The fraction of sp³-hybridized carbons (Fsp3) is 1.00. The molecule has 1 saturated heterocycles. The standard InChI is InChI=1S/CH2BO6S2/c3-9(4)1-10(5,6)8-2-7-9/h1H2. The van der Waals surface area contributed by atoms with Crippen LogP contribution >= 0.6 is 0 Å². The highest BCUT2D eigenvalue weighted by molar-refractivity contribution is 8.05. The van der Waals surface area contributed by atoms with Crippen LogP contribution in [0, 0.1) is 0 Å². The molecule has 9 heteroatoms. The smallest absolute Gasteiger partial charge is 0.298 e. The molecule has 0 bridgehead atoms. The molecule has 0 aromatic carbocycles. The first kappa shape index (κ1) is 7.99. The van der Waals surface area contributed by atoms with Crippen molar-refractivity contribution in [3.05, 3.63) is 0 Å². The van der Waals surface area contributed by atoms with Gasteiger partial charge in [0.05, 0.1) is 0 Å². The molecule has 0 aliphatic carbocycles. The topological polar surface area (TPSA) is 86.7 Å². The van der Waals surface area contributed by atoms with E-state index in [1.54, 1.807) is 0 Å². The van der Waals surface area contributed by atoms with Crippen LogP contribution in [-0.2, 0) is 28.4 Å². The Morgan fingerprint density at radius 2 is 1.40 bits per heavy atom. The van der Waals surface area contributed by atoms with Gasteiger partial charge in [-0.1, -0.05) is 0 Å². The van der Waals surface area contributed by atoms with Crippen molar-refractivity contribution < 1.29 is 25.0 Å². The van der Waals surface area contributed by atoms with Crippen molar-refractivity contribution in [1.82, 2.24) is 0 Å². The molecule has 1 aliphatic heterocycles. The first-order valence-electron chi connectivity index (χ1n) is 2.05. The summed E-state index contributed by atoms with van der Waals surface area (Å²) in [5.74, 6) is 0. The summed E-state index contributed by atoms with van der Waals surface area (Å²) in [6.45, 7) is 0. The Labute approximate surface area is 58.7 Å².